The van der Waals surface area contributed by atoms with Crippen molar-refractivity contribution < 1.29 is 4.74 Å². The number of ether oxygens (including phenoxy) is 1. The molecule has 7 nitrogen and oxygen atoms in total. The molecule has 1 atom stereocenters. The van der Waals surface area contributed by atoms with Crippen molar-refractivity contribution in [1.29, 1.82) is 0 Å². The molecule has 1 unspecified atom stereocenters. The Hall–Kier alpha value is -4.52. The van der Waals surface area contributed by atoms with E-state index in [0.717, 1.165) is 45.2 Å². The summed E-state index contributed by atoms with van der Waals surface area (Å²) in [6, 6.07) is 23.8. The van der Waals surface area contributed by atoms with Gasteiger partial charge in [-0.05, 0) is 43.7 Å². The quantitative estimate of drug-likeness (QED) is 0.387. The van der Waals surface area contributed by atoms with Crippen molar-refractivity contribution in [3.05, 3.63) is 110 Å². The van der Waals surface area contributed by atoms with Crippen LogP contribution in [0.25, 0.3) is 27.8 Å². The molecule has 5 aromatic rings. The lowest BCUT2D eigenvalue weighted by Crippen LogP contribution is -2.37. The number of rotatable bonds is 4. The Balaban J connectivity index is 1.85. The maximum Gasteiger partial charge on any atom is 0.331 e. The van der Waals surface area contributed by atoms with Gasteiger partial charge in [0.2, 0.25) is 0 Å². The van der Waals surface area contributed by atoms with Crippen LogP contribution in [-0.4, -0.2) is 20.3 Å². The summed E-state index contributed by atoms with van der Waals surface area (Å²) in [5.41, 5.74) is 6.33. The van der Waals surface area contributed by atoms with Gasteiger partial charge < -0.3 is 14.6 Å². The number of para-hydroxylation sites is 3. The lowest BCUT2D eigenvalue weighted by molar-refractivity contribution is 0.335. The van der Waals surface area contributed by atoms with Gasteiger partial charge in [0.25, 0.3) is 5.56 Å². The van der Waals surface area contributed by atoms with E-state index in [1.54, 1.807) is 11.6 Å². The first-order valence-electron chi connectivity index (χ1n) is 12.4. The number of nitrogens with one attached hydrogen (secondary N) is 1. The van der Waals surface area contributed by atoms with Crippen LogP contribution in [-0.2, 0) is 14.1 Å². The fourth-order valence-corrected chi connectivity index (χ4v) is 5.52. The summed E-state index contributed by atoms with van der Waals surface area (Å²) < 4.78 is 11.0. The Morgan fingerprint density at radius 1 is 0.919 bits per heavy atom. The predicted molar refractivity (Wildman–Crippen MR) is 147 cm³/mol. The van der Waals surface area contributed by atoms with E-state index >= 15 is 0 Å². The number of hydrogen-bond donors (Lipinski definition) is 1. The Kier molecular flexibility index (Phi) is 5.30. The monoisotopic (exact) mass is 492 g/mol. The van der Waals surface area contributed by atoms with Crippen LogP contribution >= 0.6 is 0 Å². The van der Waals surface area contributed by atoms with Gasteiger partial charge in [0.15, 0.2) is 0 Å². The fraction of sp³-hybridized carbons (Fsp3) is 0.200. The standard InChI is InChI=1S/C30H28N4O3/c1-5-37-23-16-9-6-13-20(23)25-28-27-24(29(35)33(4)30(36)32(27)3)26(19-12-10-11-18(2)17-19)34(28)22-15-8-7-14-21(22)31-25/h6-17,25,31H,5H2,1-4H3. The molecule has 0 amide bonds. The molecular weight excluding hydrogens is 464 g/mol. The highest BCUT2D eigenvalue weighted by atomic mass is 16.5. The highest BCUT2D eigenvalue weighted by Crippen LogP contribution is 2.46. The average molecular weight is 493 g/mol. The Morgan fingerprint density at radius 3 is 2.46 bits per heavy atom. The fourth-order valence-electron chi connectivity index (χ4n) is 5.52. The lowest BCUT2D eigenvalue weighted by atomic mass is 9.98. The Bertz CT molecular complexity index is 1810. The van der Waals surface area contributed by atoms with Gasteiger partial charge in [-0.3, -0.25) is 13.9 Å². The van der Waals surface area contributed by atoms with E-state index in [4.69, 9.17) is 4.74 Å². The van der Waals surface area contributed by atoms with Crippen molar-refractivity contribution in [1.82, 2.24) is 13.7 Å². The van der Waals surface area contributed by atoms with Gasteiger partial charge in [0.1, 0.15) is 5.75 Å². The van der Waals surface area contributed by atoms with Crippen molar-refractivity contribution in [3.63, 3.8) is 0 Å². The molecule has 7 heteroatoms. The van der Waals surface area contributed by atoms with Gasteiger partial charge in [-0.2, -0.15) is 0 Å². The van der Waals surface area contributed by atoms with Gasteiger partial charge in [-0.1, -0.05) is 54.1 Å². The van der Waals surface area contributed by atoms with Gasteiger partial charge in [-0.15, -0.1) is 0 Å². The molecule has 0 saturated heterocycles. The van der Waals surface area contributed by atoms with E-state index < -0.39 is 0 Å². The zero-order valence-electron chi connectivity index (χ0n) is 21.3. The van der Waals surface area contributed by atoms with Crippen LogP contribution in [0.1, 0.15) is 29.8 Å². The summed E-state index contributed by atoms with van der Waals surface area (Å²) >= 11 is 0. The van der Waals surface area contributed by atoms with Crippen LogP contribution in [0.4, 0.5) is 5.69 Å². The Morgan fingerprint density at radius 2 is 1.68 bits per heavy atom. The molecule has 1 aliphatic heterocycles. The van der Waals surface area contributed by atoms with Crippen LogP contribution in [0.15, 0.2) is 82.4 Å². The third kappa shape index (κ3) is 3.34. The van der Waals surface area contributed by atoms with Crippen LogP contribution in [0.2, 0.25) is 0 Å². The van der Waals surface area contributed by atoms with Crippen molar-refractivity contribution in [2.24, 2.45) is 14.1 Å². The van der Waals surface area contributed by atoms with Crippen molar-refractivity contribution >= 4 is 16.6 Å². The SMILES string of the molecule is CCOc1ccccc1C1Nc2ccccc2-n2c(-c3cccc(C)c3)c3c(=O)n(C)c(=O)n(C)c3c21. The number of hydrogen-bond acceptors (Lipinski definition) is 4. The lowest BCUT2D eigenvalue weighted by Gasteiger charge is -2.32. The topological polar surface area (TPSA) is 70.2 Å². The van der Waals surface area contributed by atoms with Crippen molar-refractivity contribution in [2.45, 2.75) is 19.9 Å². The van der Waals surface area contributed by atoms with E-state index in [2.05, 4.69) is 16.0 Å². The molecular formula is C30H28N4O3. The second-order valence-electron chi connectivity index (χ2n) is 9.43. The molecule has 6 rings (SSSR count). The number of aromatic nitrogens is 3. The summed E-state index contributed by atoms with van der Waals surface area (Å²) in [6.45, 7) is 4.52. The number of anilines is 1. The molecule has 0 fully saturated rings. The normalized spacial score (nSPS) is 14.2. The van der Waals surface area contributed by atoms with Gasteiger partial charge in [-0.25, -0.2) is 4.79 Å². The van der Waals surface area contributed by atoms with E-state index in [1.807, 2.05) is 80.6 Å². The molecule has 37 heavy (non-hydrogen) atoms. The van der Waals surface area contributed by atoms with E-state index in [-0.39, 0.29) is 17.3 Å². The zero-order valence-corrected chi connectivity index (χ0v) is 21.3. The van der Waals surface area contributed by atoms with Gasteiger partial charge in [0.05, 0.1) is 46.3 Å². The van der Waals surface area contributed by atoms with E-state index in [9.17, 15) is 9.59 Å². The molecule has 1 aliphatic rings. The summed E-state index contributed by atoms with van der Waals surface area (Å²) in [5.74, 6) is 0.758. The average Bonchev–Trinajstić information content (AvgIpc) is 3.27. The minimum absolute atomic E-state index is 0.314. The molecule has 0 radical (unpaired) electrons. The molecule has 0 aliphatic carbocycles. The van der Waals surface area contributed by atoms with Crippen LogP contribution in [0.5, 0.6) is 5.75 Å². The highest BCUT2D eigenvalue weighted by molar-refractivity contribution is 5.99. The minimum atomic E-state index is -0.364. The first-order valence-corrected chi connectivity index (χ1v) is 12.4. The second kappa shape index (κ2) is 8.55. The number of nitrogens with zero attached hydrogens (tertiary/aromatic N) is 3. The van der Waals surface area contributed by atoms with Crippen molar-refractivity contribution in [2.75, 3.05) is 11.9 Å². The number of benzene rings is 3. The molecule has 1 N–H and O–H groups in total. The highest BCUT2D eigenvalue weighted by Gasteiger charge is 2.35. The second-order valence-corrected chi connectivity index (χ2v) is 9.43. The summed E-state index contributed by atoms with van der Waals surface area (Å²) in [5, 5.41) is 4.21. The minimum Gasteiger partial charge on any atom is -0.494 e. The number of aryl methyl sites for hydroxylation is 2. The van der Waals surface area contributed by atoms with Crippen LogP contribution < -0.4 is 21.3 Å². The third-order valence-corrected chi connectivity index (χ3v) is 7.15. The van der Waals surface area contributed by atoms with Crippen molar-refractivity contribution in [3.8, 4) is 22.7 Å². The molecule has 3 heterocycles. The molecule has 0 saturated carbocycles. The van der Waals surface area contributed by atoms with Crippen LogP contribution in [0, 0.1) is 6.92 Å². The molecule has 186 valence electrons. The maximum atomic E-state index is 13.8. The maximum absolute atomic E-state index is 13.8. The Labute approximate surface area is 214 Å². The van der Waals surface area contributed by atoms with E-state index in [1.165, 1.54) is 11.6 Å². The molecule has 0 spiro atoms. The smallest absolute Gasteiger partial charge is 0.331 e. The first-order chi connectivity index (χ1) is 17.9. The summed E-state index contributed by atoms with van der Waals surface area (Å²) in [6.07, 6.45) is 0. The molecule has 0 bridgehead atoms. The van der Waals surface area contributed by atoms with E-state index in [0.29, 0.717) is 17.5 Å². The van der Waals surface area contributed by atoms with Gasteiger partial charge >= 0.3 is 5.69 Å². The summed E-state index contributed by atoms with van der Waals surface area (Å²) in [4.78, 5) is 27.0. The third-order valence-electron chi connectivity index (χ3n) is 7.15. The summed E-state index contributed by atoms with van der Waals surface area (Å²) in [7, 11) is 3.27. The molecule has 2 aromatic heterocycles. The number of fused-ring (bicyclic) bond motifs is 5. The predicted octanol–water partition coefficient (Wildman–Crippen LogP) is 4.92. The van der Waals surface area contributed by atoms with Gasteiger partial charge in [0, 0.05) is 19.7 Å². The van der Waals surface area contributed by atoms with Crippen LogP contribution in [0.3, 0.4) is 0 Å². The molecule has 3 aromatic carbocycles. The zero-order chi connectivity index (χ0) is 25.8. The largest absolute Gasteiger partial charge is 0.494 e. The first kappa shape index (κ1) is 22.9.